The molecule has 0 saturated heterocycles. The van der Waals surface area contributed by atoms with Crippen LogP contribution in [-0.4, -0.2) is 39.2 Å². The summed E-state index contributed by atoms with van der Waals surface area (Å²) in [6.07, 6.45) is 11.9. The number of carbonyl (C=O) groups is 1. The van der Waals surface area contributed by atoms with Gasteiger partial charge in [0.25, 0.3) is 5.91 Å². The molecule has 3 heterocycles. The maximum Gasteiger partial charge on any atom is 0.256 e. The van der Waals surface area contributed by atoms with Gasteiger partial charge in [-0.2, -0.15) is 0 Å². The van der Waals surface area contributed by atoms with E-state index in [0.717, 1.165) is 34.7 Å². The first-order chi connectivity index (χ1) is 12.6. The standard InChI is InChI=1S/C12H13N5OS.C6H13N/c1-7-4-14-11-9(7)12(16-6-15-11)17-2-3-19-8(5-17)10(13)18;7-6-4-2-1-3-5-6/h4-6H,2-3H2,1H3,(H2,13,18)(H,14,15,16);6H,1-5,7H2. The second-order valence-electron chi connectivity index (χ2n) is 6.69. The van der Waals surface area contributed by atoms with Crippen molar-refractivity contribution >= 4 is 34.5 Å². The van der Waals surface area contributed by atoms with E-state index in [0.29, 0.717) is 10.9 Å². The van der Waals surface area contributed by atoms with Crippen molar-refractivity contribution in [2.75, 3.05) is 17.2 Å². The molecule has 0 spiro atoms. The van der Waals surface area contributed by atoms with Crippen molar-refractivity contribution in [2.45, 2.75) is 45.1 Å². The van der Waals surface area contributed by atoms with Gasteiger partial charge in [0.15, 0.2) is 0 Å². The molecule has 2 aromatic heterocycles. The fourth-order valence-corrected chi connectivity index (χ4v) is 4.10. The summed E-state index contributed by atoms with van der Waals surface area (Å²) in [4.78, 5) is 25.5. The van der Waals surface area contributed by atoms with Gasteiger partial charge in [-0.25, -0.2) is 9.97 Å². The number of aryl methyl sites for hydroxylation is 1. The third-order valence-electron chi connectivity index (χ3n) is 4.67. The summed E-state index contributed by atoms with van der Waals surface area (Å²) < 4.78 is 0. The summed E-state index contributed by atoms with van der Waals surface area (Å²) in [5, 5.41) is 0.981. The number of amides is 1. The van der Waals surface area contributed by atoms with Crippen molar-refractivity contribution in [3.8, 4) is 0 Å². The number of fused-ring (bicyclic) bond motifs is 1. The summed E-state index contributed by atoms with van der Waals surface area (Å²) in [6.45, 7) is 2.79. The van der Waals surface area contributed by atoms with E-state index in [9.17, 15) is 4.79 Å². The highest BCUT2D eigenvalue weighted by atomic mass is 32.2. The Morgan fingerprint density at radius 1 is 1.31 bits per heavy atom. The largest absolute Gasteiger partial charge is 0.365 e. The molecular formula is C18H26N6OS. The van der Waals surface area contributed by atoms with Crippen LogP contribution in [0.5, 0.6) is 0 Å². The third-order valence-corrected chi connectivity index (χ3v) is 5.68. The van der Waals surface area contributed by atoms with Crippen molar-refractivity contribution < 1.29 is 4.79 Å². The number of aromatic nitrogens is 3. The van der Waals surface area contributed by atoms with E-state index in [1.165, 1.54) is 50.2 Å². The van der Waals surface area contributed by atoms with E-state index in [4.69, 9.17) is 11.5 Å². The molecule has 1 saturated carbocycles. The first-order valence-corrected chi connectivity index (χ1v) is 10.00. The Bertz CT molecular complexity index is 796. The first-order valence-electron chi connectivity index (χ1n) is 9.01. The van der Waals surface area contributed by atoms with Gasteiger partial charge in [0.1, 0.15) is 17.8 Å². The highest BCUT2D eigenvalue weighted by molar-refractivity contribution is 8.04. The second-order valence-corrected chi connectivity index (χ2v) is 7.83. The Morgan fingerprint density at radius 2 is 2.08 bits per heavy atom. The minimum atomic E-state index is -0.397. The highest BCUT2D eigenvalue weighted by Gasteiger charge is 2.19. The number of carbonyl (C=O) groups excluding carboxylic acids is 1. The fraction of sp³-hybridized carbons (Fsp3) is 0.500. The number of nitrogens with one attached hydrogen (secondary N) is 1. The molecule has 0 aromatic carbocycles. The van der Waals surface area contributed by atoms with Gasteiger partial charge in [-0.15, -0.1) is 11.8 Å². The van der Waals surface area contributed by atoms with E-state index in [2.05, 4.69) is 15.0 Å². The Balaban J connectivity index is 0.000000236. The monoisotopic (exact) mass is 374 g/mol. The normalized spacial score (nSPS) is 18.2. The Hall–Kier alpha value is -2.06. The zero-order valence-corrected chi connectivity index (χ0v) is 15.9. The van der Waals surface area contributed by atoms with Crippen LogP contribution in [-0.2, 0) is 4.79 Å². The molecule has 8 heteroatoms. The number of nitrogens with zero attached hydrogens (tertiary/aromatic N) is 3. The number of H-pyrrole nitrogens is 1. The lowest BCUT2D eigenvalue weighted by molar-refractivity contribution is -0.113. The van der Waals surface area contributed by atoms with Gasteiger partial charge >= 0.3 is 0 Å². The number of thioether (sulfide) groups is 1. The topological polar surface area (TPSA) is 114 Å². The number of hydrogen-bond acceptors (Lipinski definition) is 6. The zero-order chi connectivity index (χ0) is 18.5. The molecule has 0 bridgehead atoms. The van der Waals surface area contributed by atoms with Crippen molar-refractivity contribution in [2.24, 2.45) is 11.5 Å². The predicted molar refractivity (Wildman–Crippen MR) is 107 cm³/mol. The molecule has 1 amide bonds. The lowest BCUT2D eigenvalue weighted by atomic mass is 9.97. The molecule has 2 aromatic rings. The average Bonchev–Trinajstić information content (AvgIpc) is 3.04. The number of rotatable bonds is 2. The molecule has 7 nitrogen and oxygen atoms in total. The van der Waals surface area contributed by atoms with Gasteiger partial charge in [-0.05, 0) is 25.3 Å². The van der Waals surface area contributed by atoms with Gasteiger partial charge < -0.3 is 21.4 Å². The Labute approximate surface area is 157 Å². The van der Waals surface area contributed by atoms with E-state index in [1.54, 1.807) is 6.20 Å². The van der Waals surface area contributed by atoms with Crippen LogP contribution in [0.1, 0.15) is 37.7 Å². The van der Waals surface area contributed by atoms with Crippen LogP contribution in [0.2, 0.25) is 0 Å². The molecule has 0 unspecified atom stereocenters. The molecular weight excluding hydrogens is 348 g/mol. The van der Waals surface area contributed by atoms with E-state index >= 15 is 0 Å². The van der Waals surface area contributed by atoms with Crippen LogP contribution < -0.4 is 16.4 Å². The second kappa shape index (κ2) is 8.55. The fourth-order valence-electron chi connectivity index (χ4n) is 3.25. The lowest BCUT2D eigenvalue weighted by Crippen LogP contribution is -2.28. The van der Waals surface area contributed by atoms with Gasteiger partial charge in [0.2, 0.25) is 0 Å². The summed E-state index contributed by atoms with van der Waals surface area (Å²) in [6, 6.07) is 0.536. The van der Waals surface area contributed by atoms with Gasteiger partial charge in [-0.1, -0.05) is 19.3 Å². The molecule has 5 N–H and O–H groups in total. The summed E-state index contributed by atoms with van der Waals surface area (Å²) in [5.74, 6) is 1.22. The van der Waals surface area contributed by atoms with Crippen LogP contribution in [0, 0.1) is 6.92 Å². The summed E-state index contributed by atoms with van der Waals surface area (Å²) >= 11 is 1.48. The molecule has 0 radical (unpaired) electrons. The molecule has 140 valence electrons. The molecule has 26 heavy (non-hydrogen) atoms. The van der Waals surface area contributed by atoms with E-state index < -0.39 is 5.91 Å². The maximum atomic E-state index is 11.3. The minimum absolute atomic E-state index is 0.397. The van der Waals surface area contributed by atoms with Crippen LogP contribution >= 0.6 is 11.8 Å². The number of hydrogen-bond donors (Lipinski definition) is 3. The molecule has 0 atom stereocenters. The number of aromatic amines is 1. The molecule has 1 aliphatic carbocycles. The quantitative estimate of drug-likeness (QED) is 0.744. The highest BCUT2D eigenvalue weighted by Crippen LogP contribution is 2.30. The Kier molecular flexibility index (Phi) is 6.16. The van der Waals surface area contributed by atoms with Crippen molar-refractivity contribution in [3.63, 3.8) is 0 Å². The van der Waals surface area contributed by atoms with Crippen LogP contribution in [0.25, 0.3) is 11.0 Å². The van der Waals surface area contributed by atoms with Gasteiger partial charge in [-0.3, -0.25) is 4.79 Å². The molecule has 1 fully saturated rings. The van der Waals surface area contributed by atoms with Gasteiger partial charge in [0, 0.05) is 30.7 Å². The smallest absolute Gasteiger partial charge is 0.256 e. The third kappa shape index (κ3) is 4.37. The lowest BCUT2D eigenvalue weighted by Gasteiger charge is -2.25. The van der Waals surface area contributed by atoms with Crippen LogP contribution in [0.3, 0.4) is 0 Å². The number of primary amides is 1. The molecule has 2 aliphatic rings. The van der Waals surface area contributed by atoms with Crippen LogP contribution in [0.15, 0.2) is 23.6 Å². The minimum Gasteiger partial charge on any atom is -0.365 e. The SMILES string of the molecule is Cc1c[nH]c2ncnc(N3C=C(C(N)=O)SCC3)c12.NC1CCCCC1. The Morgan fingerprint density at radius 3 is 2.73 bits per heavy atom. The average molecular weight is 375 g/mol. The van der Waals surface area contributed by atoms with Crippen LogP contribution in [0.4, 0.5) is 5.82 Å². The summed E-state index contributed by atoms with van der Waals surface area (Å²) in [5.41, 5.74) is 12.9. The van der Waals surface area contributed by atoms with Crippen molar-refractivity contribution in [1.82, 2.24) is 15.0 Å². The molecule has 4 rings (SSSR count). The van der Waals surface area contributed by atoms with Gasteiger partial charge in [0.05, 0.1) is 10.3 Å². The zero-order valence-electron chi connectivity index (χ0n) is 15.1. The predicted octanol–water partition coefficient (Wildman–Crippen LogP) is 2.42. The first kappa shape index (κ1) is 18.7. The maximum absolute atomic E-state index is 11.3. The van der Waals surface area contributed by atoms with E-state index in [-0.39, 0.29) is 0 Å². The number of anilines is 1. The summed E-state index contributed by atoms with van der Waals surface area (Å²) in [7, 11) is 0. The van der Waals surface area contributed by atoms with Crippen molar-refractivity contribution in [3.05, 3.63) is 29.2 Å². The van der Waals surface area contributed by atoms with Crippen molar-refractivity contribution in [1.29, 1.82) is 0 Å². The van der Waals surface area contributed by atoms with E-state index in [1.807, 2.05) is 18.0 Å². The molecule has 1 aliphatic heterocycles. The number of nitrogens with two attached hydrogens (primary N) is 2.